The minimum absolute atomic E-state index is 0.0592. The topological polar surface area (TPSA) is 210 Å². The molecule has 0 saturated heterocycles. The first-order valence-corrected chi connectivity index (χ1v) is 9.30. The van der Waals surface area contributed by atoms with Crippen LogP contribution in [0.15, 0.2) is 0 Å². The van der Waals surface area contributed by atoms with Gasteiger partial charge in [0.2, 0.25) is 5.95 Å². The highest BCUT2D eigenvalue weighted by molar-refractivity contribution is 7.46. The van der Waals surface area contributed by atoms with Crippen LogP contribution in [0.25, 0.3) is 0 Å². The fraction of sp³-hybridized carbons (Fsp3) is 0.500. The summed E-state index contributed by atoms with van der Waals surface area (Å²) in [6, 6.07) is 0. The molecular formula is C8H15N5O9P2. The van der Waals surface area contributed by atoms with Crippen LogP contribution in [0.5, 0.6) is 5.88 Å². The van der Waals surface area contributed by atoms with Gasteiger partial charge in [0, 0.05) is 0 Å². The van der Waals surface area contributed by atoms with Gasteiger partial charge in [0.1, 0.15) is 12.4 Å². The molecule has 0 atom stereocenters. The molecule has 0 aliphatic carbocycles. The van der Waals surface area contributed by atoms with Crippen LogP contribution >= 0.6 is 15.6 Å². The van der Waals surface area contributed by atoms with Gasteiger partial charge in [-0.2, -0.15) is 9.97 Å². The predicted molar refractivity (Wildman–Crippen MR) is 78.9 cm³/mol. The third-order valence-corrected chi connectivity index (χ3v) is 3.49. The molecule has 1 aliphatic rings. The summed E-state index contributed by atoms with van der Waals surface area (Å²) >= 11 is 0. The molecule has 1 aromatic rings. The number of nitrogens with zero attached hydrogens (tertiary/aromatic N) is 3. The minimum atomic E-state index is -4.83. The van der Waals surface area contributed by atoms with Crippen molar-refractivity contribution in [3.8, 4) is 5.88 Å². The van der Waals surface area contributed by atoms with E-state index in [1.165, 1.54) is 4.90 Å². The Bertz CT molecular complexity index is 691. The molecule has 1 aromatic heterocycles. The number of aromatic nitrogens is 2. The molecule has 0 unspecified atom stereocenters. The van der Waals surface area contributed by atoms with Crippen molar-refractivity contribution in [1.29, 1.82) is 0 Å². The Morgan fingerprint density at radius 2 is 1.88 bits per heavy atom. The van der Waals surface area contributed by atoms with Crippen molar-refractivity contribution in [1.82, 2.24) is 9.97 Å². The highest BCUT2D eigenvalue weighted by atomic mass is 31.2. The van der Waals surface area contributed by atoms with Gasteiger partial charge < -0.3 is 35.0 Å². The Kier molecular flexibility index (Phi) is 5.63. The maximum atomic E-state index is 10.9. The van der Waals surface area contributed by atoms with E-state index in [0.29, 0.717) is 0 Å². The number of nitrogens with two attached hydrogens (primary N) is 1. The summed E-state index contributed by atoms with van der Waals surface area (Å²) in [5.74, 6) is -0.476. The normalized spacial score (nSPS) is 14.4. The molecule has 0 bridgehead atoms. The molecule has 14 nitrogen and oxygen atoms in total. The Balaban J connectivity index is 1.99. The number of rotatable bonds is 8. The van der Waals surface area contributed by atoms with E-state index >= 15 is 0 Å². The summed E-state index contributed by atoms with van der Waals surface area (Å²) in [7, 11) is -9.38. The molecular weight excluding hydrogens is 372 g/mol. The van der Waals surface area contributed by atoms with Crippen molar-refractivity contribution in [2.24, 2.45) is 0 Å². The monoisotopic (exact) mass is 387 g/mol. The summed E-state index contributed by atoms with van der Waals surface area (Å²) in [4.78, 5) is 43.8. The van der Waals surface area contributed by atoms with Crippen LogP contribution in [-0.2, 0) is 18.4 Å². The maximum Gasteiger partial charge on any atom is 0.526 e. The van der Waals surface area contributed by atoms with Crippen molar-refractivity contribution in [3.63, 3.8) is 0 Å². The van der Waals surface area contributed by atoms with Gasteiger partial charge in [-0.25, -0.2) is 9.13 Å². The van der Waals surface area contributed by atoms with Crippen LogP contribution in [0.4, 0.5) is 17.5 Å². The number of phosphoric acid groups is 2. The van der Waals surface area contributed by atoms with E-state index in [2.05, 4.69) is 24.3 Å². The lowest BCUT2D eigenvalue weighted by Crippen LogP contribution is -2.27. The summed E-state index contributed by atoms with van der Waals surface area (Å²) < 4.78 is 35.3. The third kappa shape index (κ3) is 5.54. The zero-order valence-corrected chi connectivity index (χ0v) is 13.8. The number of anilines is 3. The van der Waals surface area contributed by atoms with Crippen molar-refractivity contribution in [3.05, 3.63) is 0 Å². The van der Waals surface area contributed by atoms with Gasteiger partial charge in [-0.1, -0.05) is 0 Å². The van der Waals surface area contributed by atoms with Crippen LogP contribution in [0.2, 0.25) is 0 Å². The standard InChI is InChI=1S/C8H15N5O9P2/c9-8-11-6-5(7(12-8)22-24(17,18)19)10-3-13(6)4-20-1-2-21-23(14,15)16/h10H,1-4H2,(H2,9,11,12)(H2,14,15,16)(H2,17,18,19). The van der Waals surface area contributed by atoms with Crippen LogP contribution < -0.4 is 20.5 Å². The van der Waals surface area contributed by atoms with Crippen LogP contribution in [0.1, 0.15) is 0 Å². The maximum absolute atomic E-state index is 10.9. The number of hydrogen-bond acceptors (Lipinski definition) is 10. The van der Waals surface area contributed by atoms with E-state index in [1.807, 2.05) is 0 Å². The highest BCUT2D eigenvalue weighted by Crippen LogP contribution is 2.44. The van der Waals surface area contributed by atoms with E-state index in [-0.39, 0.29) is 44.1 Å². The smallest absolute Gasteiger partial charge is 0.383 e. The molecule has 0 fully saturated rings. The molecule has 0 amide bonds. The van der Waals surface area contributed by atoms with Crippen LogP contribution in [-0.4, -0.2) is 56.2 Å². The largest absolute Gasteiger partial charge is 0.526 e. The first kappa shape index (κ1) is 18.8. The molecule has 0 radical (unpaired) electrons. The Morgan fingerprint density at radius 1 is 1.17 bits per heavy atom. The molecule has 16 heteroatoms. The number of nitrogen functional groups attached to an aromatic ring is 1. The second-order valence-corrected chi connectivity index (χ2v) is 6.81. The van der Waals surface area contributed by atoms with Crippen molar-refractivity contribution in [2.45, 2.75) is 0 Å². The minimum Gasteiger partial charge on any atom is -0.383 e. The Morgan fingerprint density at radius 3 is 2.50 bits per heavy atom. The van der Waals surface area contributed by atoms with E-state index < -0.39 is 21.5 Å². The second kappa shape index (κ2) is 7.17. The second-order valence-electron chi connectivity index (χ2n) is 4.40. The summed E-state index contributed by atoms with van der Waals surface area (Å²) in [5.41, 5.74) is 5.61. The molecule has 0 aromatic carbocycles. The predicted octanol–water partition coefficient (Wildman–Crippen LogP) is -1.20. The lowest BCUT2D eigenvalue weighted by atomic mass is 10.4. The zero-order chi connectivity index (χ0) is 18.0. The molecule has 2 rings (SSSR count). The van der Waals surface area contributed by atoms with E-state index in [9.17, 15) is 9.13 Å². The van der Waals surface area contributed by atoms with E-state index in [1.54, 1.807) is 0 Å². The number of phosphoric ester groups is 2. The van der Waals surface area contributed by atoms with Crippen molar-refractivity contribution >= 4 is 33.1 Å². The zero-order valence-electron chi connectivity index (χ0n) is 12.0. The molecule has 136 valence electrons. The number of ether oxygens (including phenoxy) is 1. The summed E-state index contributed by atoms with van der Waals surface area (Å²) in [5, 5.41) is 2.78. The molecule has 24 heavy (non-hydrogen) atoms. The van der Waals surface area contributed by atoms with Crippen molar-refractivity contribution in [2.75, 3.05) is 42.6 Å². The lowest BCUT2D eigenvalue weighted by molar-refractivity contribution is 0.0864. The van der Waals surface area contributed by atoms with Gasteiger partial charge >= 0.3 is 15.6 Å². The highest BCUT2D eigenvalue weighted by Gasteiger charge is 2.29. The first-order chi connectivity index (χ1) is 11.1. The Labute approximate surface area is 135 Å². The summed E-state index contributed by atoms with van der Waals surface area (Å²) in [6.07, 6.45) is 0. The van der Waals surface area contributed by atoms with E-state index in [0.717, 1.165) is 0 Å². The molecule has 0 saturated carbocycles. The quantitative estimate of drug-likeness (QED) is 0.229. The van der Waals surface area contributed by atoms with Gasteiger partial charge in [0.15, 0.2) is 5.82 Å². The molecule has 2 heterocycles. The average Bonchev–Trinajstić information content (AvgIpc) is 2.78. The van der Waals surface area contributed by atoms with Gasteiger partial charge in [-0.3, -0.25) is 14.3 Å². The number of fused-ring (bicyclic) bond motifs is 1. The van der Waals surface area contributed by atoms with Gasteiger partial charge in [0.25, 0.3) is 5.88 Å². The fourth-order valence-corrected chi connectivity index (χ4v) is 2.42. The molecule has 1 aliphatic heterocycles. The third-order valence-electron chi connectivity index (χ3n) is 2.56. The lowest BCUT2D eigenvalue weighted by Gasteiger charge is -2.17. The van der Waals surface area contributed by atoms with E-state index in [4.69, 9.17) is 30.0 Å². The fourth-order valence-electron chi connectivity index (χ4n) is 1.75. The van der Waals surface area contributed by atoms with Crippen molar-refractivity contribution < 1.29 is 42.5 Å². The molecule has 0 spiro atoms. The van der Waals surface area contributed by atoms with Gasteiger partial charge in [-0.15, -0.1) is 0 Å². The van der Waals surface area contributed by atoms with Crippen LogP contribution in [0, 0.1) is 0 Å². The summed E-state index contributed by atoms with van der Waals surface area (Å²) in [6.45, 7) is -0.332. The van der Waals surface area contributed by atoms with Crippen LogP contribution in [0.3, 0.4) is 0 Å². The van der Waals surface area contributed by atoms with Gasteiger partial charge in [0.05, 0.1) is 19.9 Å². The van der Waals surface area contributed by atoms with Gasteiger partial charge in [-0.05, 0) is 0 Å². The first-order valence-electron chi connectivity index (χ1n) is 6.24. The number of nitrogens with one attached hydrogen (secondary N) is 1. The molecule has 7 N–H and O–H groups in total. The SMILES string of the molecule is Nc1nc(OP(=O)(O)O)c2c(n1)N(COCCOP(=O)(O)O)CN2. The average molecular weight is 387 g/mol. The number of hydrogen-bond donors (Lipinski definition) is 6. The Hall–Kier alpha value is -1.50.